The first-order valence-electron chi connectivity index (χ1n) is 12.8. The second-order valence-electron chi connectivity index (χ2n) is 9.76. The molecule has 0 saturated carbocycles. The van der Waals surface area contributed by atoms with Gasteiger partial charge in [0.15, 0.2) is 14.7 Å². The van der Waals surface area contributed by atoms with Crippen LogP contribution in [0.4, 0.5) is 0 Å². The van der Waals surface area contributed by atoms with Crippen molar-refractivity contribution in [3.63, 3.8) is 0 Å². The van der Waals surface area contributed by atoms with Gasteiger partial charge in [0.2, 0.25) is 0 Å². The summed E-state index contributed by atoms with van der Waals surface area (Å²) in [6.45, 7) is 8.51. The van der Waals surface area contributed by atoms with Gasteiger partial charge in [0.05, 0.1) is 17.5 Å². The SMILES string of the molecule is Cc1cc([S+](c2ccccc2)c2ccccc2)cc(C)c1OCCCC(=O)OC(C)(C)c1ccc(I)cc1. The molecular formula is C33H34IO3S+. The molecule has 38 heavy (non-hydrogen) atoms. The molecule has 4 aromatic carbocycles. The second kappa shape index (κ2) is 12.9. The molecule has 0 N–H and O–H groups in total. The van der Waals surface area contributed by atoms with Crippen LogP contribution < -0.4 is 4.74 Å². The van der Waals surface area contributed by atoms with Gasteiger partial charge in [-0.15, -0.1) is 0 Å². The van der Waals surface area contributed by atoms with Crippen LogP contribution in [0.1, 0.15) is 43.4 Å². The van der Waals surface area contributed by atoms with Gasteiger partial charge in [-0.3, -0.25) is 4.79 Å². The molecule has 0 fully saturated rings. The zero-order valence-electron chi connectivity index (χ0n) is 22.4. The van der Waals surface area contributed by atoms with E-state index in [0.29, 0.717) is 19.4 Å². The predicted molar refractivity (Wildman–Crippen MR) is 164 cm³/mol. The van der Waals surface area contributed by atoms with Gasteiger partial charge in [0, 0.05) is 22.1 Å². The Labute approximate surface area is 243 Å². The fourth-order valence-electron chi connectivity index (χ4n) is 4.41. The van der Waals surface area contributed by atoms with Crippen molar-refractivity contribution in [3.8, 4) is 5.75 Å². The van der Waals surface area contributed by atoms with Crippen LogP contribution in [0, 0.1) is 17.4 Å². The Morgan fingerprint density at radius 2 is 1.32 bits per heavy atom. The lowest BCUT2D eigenvalue weighted by atomic mass is 9.98. The summed E-state index contributed by atoms with van der Waals surface area (Å²) in [5.41, 5.74) is 2.53. The van der Waals surface area contributed by atoms with Gasteiger partial charge in [-0.05, 0) is 110 Å². The number of hydrogen-bond donors (Lipinski definition) is 0. The molecule has 196 valence electrons. The summed E-state index contributed by atoms with van der Waals surface area (Å²) in [4.78, 5) is 16.4. The number of benzene rings is 4. The van der Waals surface area contributed by atoms with Crippen LogP contribution in [-0.2, 0) is 26.0 Å². The normalized spacial score (nSPS) is 11.4. The Morgan fingerprint density at radius 1 is 0.789 bits per heavy atom. The maximum atomic E-state index is 12.6. The van der Waals surface area contributed by atoms with Crippen LogP contribution in [-0.4, -0.2) is 12.6 Å². The van der Waals surface area contributed by atoms with Crippen molar-refractivity contribution in [2.45, 2.75) is 60.8 Å². The molecule has 0 amide bonds. The third kappa shape index (κ3) is 7.20. The maximum absolute atomic E-state index is 12.6. The van der Waals surface area contributed by atoms with Crippen LogP contribution in [0.2, 0.25) is 0 Å². The predicted octanol–water partition coefficient (Wildman–Crippen LogP) is 8.64. The van der Waals surface area contributed by atoms with Crippen LogP contribution in [0.3, 0.4) is 0 Å². The molecule has 0 bridgehead atoms. The Kier molecular flexibility index (Phi) is 9.55. The van der Waals surface area contributed by atoms with Crippen molar-refractivity contribution >= 4 is 39.5 Å². The van der Waals surface area contributed by atoms with E-state index in [4.69, 9.17) is 9.47 Å². The molecule has 5 heteroatoms. The highest BCUT2D eigenvalue weighted by atomic mass is 127. The Hall–Kier alpha value is -2.77. The molecule has 4 rings (SSSR count). The van der Waals surface area contributed by atoms with E-state index in [9.17, 15) is 4.79 Å². The molecule has 0 spiro atoms. The Morgan fingerprint density at radius 3 is 1.84 bits per heavy atom. The molecule has 0 unspecified atom stereocenters. The lowest BCUT2D eigenvalue weighted by Gasteiger charge is -2.26. The largest absolute Gasteiger partial charge is 0.493 e. The lowest BCUT2D eigenvalue weighted by molar-refractivity contribution is -0.157. The third-order valence-electron chi connectivity index (χ3n) is 6.31. The van der Waals surface area contributed by atoms with E-state index in [-0.39, 0.29) is 16.9 Å². The molecular weight excluding hydrogens is 603 g/mol. The first kappa shape index (κ1) is 28.2. The third-order valence-corrected chi connectivity index (χ3v) is 9.22. The van der Waals surface area contributed by atoms with E-state index in [0.717, 1.165) is 26.0 Å². The van der Waals surface area contributed by atoms with Crippen molar-refractivity contribution in [1.29, 1.82) is 0 Å². The minimum Gasteiger partial charge on any atom is -0.493 e. The molecule has 0 aliphatic rings. The van der Waals surface area contributed by atoms with Gasteiger partial charge in [-0.25, -0.2) is 0 Å². The molecule has 0 atom stereocenters. The lowest BCUT2D eigenvalue weighted by Crippen LogP contribution is -2.25. The zero-order chi connectivity index (χ0) is 27.1. The molecule has 0 aliphatic carbocycles. The molecule has 0 aromatic heterocycles. The molecule has 3 nitrogen and oxygen atoms in total. The van der Waals surface area contributed by atoms with E-state index < -0.39 is 5.60 Å². The van der Waals surface area contributed by atoms with Gasteiger partial charge in [-0.2, -0.15) is 0 Å². The average molecular weight is 638 g/mol. The van der Waals surface area contributed by atoms with Crippen LogP contribution in [0.15, 0.2) is 112 Å². The summed E-state index contributed by atoms with van der Waals surface area (Å²) in [7, 11) is -0.201. The first-order valence-corrected chi connectivity index (χ1v) is 15.1. The molecule has 0 aliphatic heterocycles. The number of esters is 1. The van der Waals surface area contributed by atoms with E-state index in [1.54, 1.807) is 0 Å². The summed E-state index contributed by atoms with van der Waals surface area (Å²) >= 11 is 2.27. The average Bonchev–Trinajstić information content (AvgIpc) is 2.89. The van der Waals surface area contributed by atoms with E-state index in [2.05, 4.69) is 109 Å². The topological polar surface area (TPSA) is 35.5 Å². The smallest absolute Gasteiger partial charge is 0.306 e. The summed E-state index contributed by atoms with van der Waals surface area (Å²) in [5, 5.41) is 0. The molecule has 4 aromatic rings. The maximum Gasteiger partial charge on any atom is 0.306 e. The number of ether oxygens (including phenoxy) is 2. The molecule has 0 heterocycles. The Balaban J connectivity index is 1.40. The van der Waals surface area contributed by atoms with Crippen molar-refractivity contribution < 1.29 is 14.3 Å². The zero-order valence-corrected chi connectivity index (χ0v) is 25.3. The first-order chi connectivity index (χ1) is 18.2. The molecule has 0 saturated heterocycles. The van der Waals surface area contributed by atoms with Gasteiger partial charge < -0.3 is 9.47 Å². The fraction of sp³-hybridized carbons (Fsp3) is 0.242. The summed E-state index contributed by atoms with van der Waals surface area (Å²) in [6.07, 6.45) is 0.913. The fourth-order valence-corrected chi connectivity index (χ4v) is 7.04. The highest BCUT2D eigenvalue weighted by Crippen LogP contribution is 2.35. The van der Waals surface area contributed by atoms with Crippen LogP contribution in [0.25, 0.3) is 0 Å². The second-order valence-corrected chi connectivity index (χ2v) is 13.0. The highest BCUT2D eigenvalue weighted by Gasteiger charge is 2.30. The highest BCUT2D eigenvalue weighted by molar-refractivity contribution is 14.1. The Bertz CT molecular complexity index is 1290. The number of carbonyl (C=O) groups excluding carboxylic acids is 1. The number of aryl methyl sites for hydroxylation is 2. The molecule has 0 radical (unpaired) electrons. The van der Waals surface area contributed by atoms with Crippen LogP contribution in [0.5, 0.6) is 5.75 Å². The quantitative estimate of drug-likeness (QED) is 0.0756. The van der Waals surface area contributed by atoms with Crippen molar-refractivity contribution in [1.82, 2.24) is 0 Å². The van der Waals surface area contributed by atoms with Crippen molar-refractivity contribution in [2.75, 3.05) is 6.61 Å². The van der Waals surface area contributed by atoms with Crippen LogP contribution >= 0.6 is 22.6 Å². The van der Waals surface area contributed by atoms with Crippen molar-refractivity contribution in [3.05, 3.63) is 117 Å². The van der Waals surface area contributed by atoms with E-state index >= 15 is 0 Å². The number of carbonyl (C=O) groups is 1. The monoisotopic (exact) mass is 637 g/mol. The van der Waals surface area contributed by atoms with Gasteiger partial charge >= 0.3 is 5.97 Å². The number of rotatable bonds is 10. The standard InChI is InChI=1S/C33H34IO3S/c1-24-22-30(38(28-12-7-5-8-13-28)29-14-9-6-10-15-29)23-25(2)32(24)36-21-11-16-31(35)37-33(3,4)26-17-19-27(34)20-18-26/h5-10,12-15,17-20,22-23H,11,16,21H2,1-4H3/q+1. The summed E-state index contributed by atoms with van der Waals surface area (Å²) in [6, 6.07) is 33.9. The van der Waals surface area contributed by atoms with Gasteiger partial charge in [0.25, 0.3) is 0 Å². The minimum atomic E-state index is -0.667. The van der Waals surface area contributed by atoms with E-state index in [1.165, 1.54) is 14.7 Å². The van der Waals surface area contributed by atoms with Gasteiger partial charge in [-0.1, -0.05) is 48.5 Å². The van der Waals surface area contributed by atoms with Gasteiger partial charge in [0.1, 0.15) is 11.4 Å². The number of halogens is 1. The number of hydrogen-bond acceptors (Lipinski definition) is 3. The minimum absolute atomic E-state index is 0.201. The van der Waals surface area contributed by atoms with Crippen molar-refractivity contribution in [2.24, 2.45) is 0 Å². The summed E-state index contributed by atoms with van der Waals surface area (Å²) < 4.78 is 13.1. The summed E-state index contributed by atoms with van der Waals surface area (Å²) in [5.74, 6) is 0.682. The van der Waals surface area contributed by atoms with E-state index in [1.807, 2.05) is 38.1 Å².